The van der Waals surface area contributed by atoms with E-state index in [1.807, 2.05) is 43.0 Å². The molecule has 2 amide bonds. The Morgan fingerprint density at radius 3 is 2.69 bits per heavy atom. The van der Waals surface area contributed by atoms with Crippen molar-refractivity contribution in [2.75, 3.05) is 33.2 Å². The molecule has 1 fully saturated rings. The molecular weight excluding hydrogens is 364 g/mol. The molecule has 0 saturated carbocycles. The van der Waals surface area contributed by atoms with Gasteiger partial charge in [-0.3, -0.25) is 9.59 Å². The van der Waals surface area contributed by atoms with E-state index < -0.39 is 0 Å². The van der Waals surface area contributed by atoms with Gasteiger partial charge in [-0.1, -0.05) is 30.3 Å². The number of H-pyrrole nitrogens is 1. The largest absolute Gasteiger partial charge is 0.355 e. The van der Waals surface area contributed by atoms with Crippen LogP contribution >= 0.6 is 0 Å². The van der Waals surface area contributed by atoms with Crippen molar-refractivity contribution in [1.82, 2.24) is 20.1 Å². The zero-order valence-electron chi connectivity index (χ0n) is 17.7. The molecule has 2 heterocycles. The molecule has 6 nitrogen and oxygen atoms in total. The third-order valence-electron chi connectivity index (χ3n) is 5.53. The fourth-order valence-corrected chi connectivity index (χ4v) is 3.97. The zero-order chi connectivity index (χ0) is 20.8. The van der Waals surface area contributed by atoms with Crippen LogP contribution in [0, 0.1) is 19.8 Å². The smallest absolute Gasteiger partial charge is 0.270 e. The van der Waals surface area contributed by atoms with Crippen molar-refractivity contribution in [2.45, 2.75) is 33.2 Å². The number of nitrogens with zero attached hydrogens (tertiary/aromatic N) is 2. The Bertz CT molecular complexity index is 831. The van der Waals surface area contributed by atoms with Gasteiger partial charge in [0.15, 0.2) is 0 Å². The van der Waals surface area contributed by atoms with Gasteiger partial charge in [-0.25, -0.2) is 0 Å². The Kier molecular flexibility index (Phi) is 7.09. The molecule has 1 aromatic carbocycles. The Morgan fingerprint density at radius 2 is 2.00 bits per heavy atom. The topological polar surface area (TPSA) is 68.4 Å². The SMILES string of the molecule is Cc1cc(C)c(C(=O)N2CCC[C@@H](C(=O)NCCN(C)Cc3ccccc3)C2)[nH]1. The predicted molar refractivity (Wildman–Crippen MR) is 115 cm³/mol. The molecule has 6 heteroatoms. The highest BCUT2D eigenvalue weighted by Crippen LogP contribution is 2.20. The molecule has 29 heavy (non-hydrogen) atoms. The first-order chi connectivity index (χ1) is 13.9. The molecule has 2 N–H and O–H groups in total. The number of aromatic amines is 1. The molecular formula is C23H32N4O2. The summed E-state index contributed by atoms with van der Waals surface area (Å²) in [5.41, 5.74) is 3.85. The second-order valence-corrected chi connectivity index (χ2v) is 8.12. The van der Waals surface area contributed by atoms with E-state index in [-0.39, 0.29) is 17.7 Å². The minimum atomic E-state index is -0.136. The maximum absolute atomic E-state index is 12.8. The van der Waals surface area contributed by atoms with Crippen molar-refractivity contribution >= 4 is 11.8 Å². The number of nitrogens with one attached hydrogen (secondary N) is 2. The lowest BCUT2D eigenvalue weighted by atomic mass is 9.96. The number of likely N-dealkylation sites (tertiary alicyclic amines) is 1. The lowest BCUT2D eigenvalue weighted by Gasteiger charge is -2.32. The molecule has 1 saturated heterocycles. The van der Waals surface area contributed by atoms with Gasteiger partial charge in [-0.05, 0) is 50.9 Å². The van der Waals surface area contributed by atoms with Gasteiger partial charge in [0, 0.05) is 38.4 Å². The van der Waals surface area contributed by atoms with Crippen molar-refractivity contribution in [3.63, 3.8) is 0 Å². The van der Waals surface area contributed by atoms with E-state index in [4.69, 9.17) is 0 Å². The van der Waals surface area contributed by atoms with E-state index in [9.17, 15) is 9.59 Å². The summed E-state index contributed by atoms with van der Waals surface area (Å²) in [6.07, 6.45) is 1.69. The van der Waals surface area contributed by atoms with Crippen LogP contribution in [0.2, 0.25) is 0 Å². The van der Waals surface area contributed by atoms with E-state index in [2.05, 4.69) is 34.4 Å². The van der Waals surface area contributed by atoms with Gasteiger partial charge >= 0.3 is 0 Å². The molecule has 1 atom stereocenters. The average molecular weight is 397 g/mol. The number of likely N-dealkylation sites (N-methyl/N-ethyl adjacent to an activating group) is 1. The number of carbonyl (C=O) groups is 2. The van der Waals surface area contributed by atoms with Crippen LogP contribution in [0.25, 0.3) is 0 Å². The van der Waals surface area contributed by atoms with Gasteiger partial charge in [0.2, 0.25) is 5.91 Å². The van der Waals surface area contributed by atoms with E-state index in [0.717, 1.165) is 37.2 Å². The Hall–Kier alpha value is -2.60. The Balaban J connectivity index is 1.45. The van der Waals surface area contributed by atoms with Crippen LogP contribution in [0.15, 0.2) is 36.4 Å². The van der Waals surface area contributed by atoms with E-state index in [1.54, 1.807) is 0 Å². The summed E-state index contributed by atoms with van der Waals surface area (Å²) < 4.78 is 0. The second kappa shape index (κ2) is 9.74. The molecule has 0 unspecified atom stereocenters. The first-order valence-electron chi connectivity index (χ1n) is 10.4. The number of aryl methyl sites for hydroxylation is 2. The standard InChI is InChI=1S/C23H32N4O2/c1-17-14-18(2)25-21(17)23(29)27-12-7-10-20(16-27)22(28)24-11-13-26(3)15-19-8-5-4-6-9-19/h4-6,8-9,14,20,25H,7,10-13,15-16H2,1-3H3,(H,24,28)/t20-/m1/s1. The molecule has 1 aliphatic rings. The van der Waals surface area contributed by atoms with E-state index in [0.29, 0.717) is 25.3 Å². The van der Waals surface area contributed by atoms with Crippen LogP contribution in [0.1, 0.15) is 40.2 Å². The van der Waals surface area contributed by atoms with Crippen molar-refractivity contribution in [1.29, 1.82) is 0 Å². The number of piperidine rings is 1. The number of rotatable bonds is 7. The van der Waals surface area contributed by atoms with Crippen LogP contribution in [0.4, 0.5) is 0 Å². The maximum Gasteiger partial charge on any atom is 0.270 e. The number of amides is 2. The first-order valence-corrected chi connectivity index (χ1v) is 10.4. The van der Waals surface area contributed by atoms with Crippen LogP contribution in [0.5, 0.6) is 0 Å². The van der Waals surface area contributed by atoms with Crippen molar-refractivity contribution in [3.05, 3.63) is 58.9 Å². The summed E-state index contributed by atoms with van der Waals surface area (Å²) in [5.74, 6) is -0.0887. The van der Waals surface area contributed by atoms with Gasteiger partial charge in [0.1, 0.15) is 5.69 Å². The second-order valence-electron chi connectivity index (χ2n) is 8.12. The number of hydrogen-bond acceptors (Lipinski definition) is 3. The maximum atomic E-state index is 12.8. The molecule has 1 aliphatic heterocycles. The fourth-order valence-electron chi connectivity index (χ4n) is 3.97. The lowest BCUT2D eigenvalue weighted by Crippen LogP contribution is -2.46. The molecule has 1 aromatic heterocycles. The van der Waals surface area contributed by atoms with Crippen LogP contribution in [0.3, 0.4) is 0 Å². The summed E-state index contributed by atoms with van der Waals surface area (Å²) in [4.78, 5) is 32.6. The summed E-state index contributed by atoms with van der Waals surface area (Å²) in [5, 5.41) is 3.06. The summed E-state index contributed by atoms with van der Waals surface area (Å²) in [6.45, 7) is 7.35. The number of hydrogen-bond donors (Lipinski definition) is 2. The molecule has 0 spiro atoms. The molecule has 0 radical (unpaired) electrons. The minimum absolute atomic E-state index is 0.00399. The minimum Gasteiger partial charge on any atom is -0.355 e. The van der Waals surface area contributed by atoms with Gasteiger partial charge in [-0.2, -0.15) is 0 Å². The monoisotopic (exact) mass is 396 g/mol. The molecule has 0 aliphatic carbocycles. The zero-order valence-corrected chi connectivity index (χ0v) is 17.7. The van der Waals surface area contributed by atoms with Crippen molar-refractivity contribution in [3.8, 4) is 0 Å². The quantitative estimate of drug-likeness (QED) is 0.756. The van der Waals surface area contributed by atoms with Gasteiger partial charge in [0.25, 0.3) is 5.91 Å². The van der Waals surface area contributed by atoms with Gasteiger partial charge in [0.05, 0.1) is 5.92 Å². The van der Waals surface area contributed by atoms with Crippen LogP contribution < -0.4 is 5.32 Å². The molecule has 156 valence electrons. The highest BCUT2D eigenvalue weighted by atomic mass is 16.2. The van der Waals surface area contributed by atoms with Crippen LogP contribution in [-0.4, -0.2) is 59.8 Å². The van der Waals surface area contributed by atoms with Gasteiger partial charge in [-0.15, -0.1) is 0 Å². The van der Waals surface area contributed by atoms with Crippen LogP contribution in [-0.2, 0) is 11.3 Å². The highest BCUT2D eigenvalue weighted by Gasteiger charge is 2.29. The lowest BCUT2D eigenvalue weighted by molar-refractivity contribution is -0.126. The molecule has 0 bridgehead atoms. The first kappa shape index (κ1) is 21.1. The van der Waals surface area contributed by atoms with Gasteiger partial charge < -0.3 is 20.1 Å². The third-order valence-corrected chi connectivity index (χ3v) is 5.53. The summed E-state index contributed by atoms with van der Waals surface area (Å²) in [6, 6.07) is 12.3. The average Bonchev–Trinajstić information content (AvgIpc) is 3.06. The molecule has 2 aromatic rings. The summed E-state index contributed by atoms with van der Waals surface area (Å²) >= 11 is 0. The van der Waals surface area contributed by atoms with E-state index >= 15 is 0 Å². The summed E-state index contributed by atoms with van der Waals surface area (Å²) in [7, 11) is 2.06. The Morgan fingerprint density at radius 1 is 1.24 bits per heavy atom. The number of aromatic nitrogens is 1. The van der Waals surface area contributed by atoms with E-state index in [1.165, 1.54) is 5.56 Å². The fraction of sp³-hybridized carbons (Fsp3) is 0.478. The normalized spacial score (nSPS) is 16.8. The third kappa shape index (κ3) is 5.70. The van der Waals surface area contributed by atoms with Crippen molar-refractivity contribution in [2.24, 2.45) is 5.92 Å². The number of carbonyl (C=O) groups excluding carboxylic acids is 2. The van der Waals surface area contributed by atoms with Crippen molar-refractivity contribution < 1.29 is 9.59 Å². The number of benzene rings is 1. The predicted octanol–water partition coefficient (Wildman–Crippen LogP) is 2.73. The highest BCUT2D eigenvalue weighted by molar-refractivity contribution is 5.94. The molecule has 3 rings (SSSR count). The Labute approximate surface area is 173 Å².